The van der Waals surface area contributed by atoms with E-state index >= 15 is 0 Å². The Morgan fingerprint density at radius 3 is 2.04 bits per heavy atom. The molecular weight excluding hydrogens is 342 g/mol. The van der Waals surface area contributed by atoms with Crippen molar-refractivity contribution in [2.75, 3.05) is 13.7 Å². The summed E-state index contributed by atoms with van der Waals surface area (Å²) in [4.78, 5) is 12.2. The lowest BCUT2D eigenvalue weighted by Crippen LogP contribution is -2.36. The van der Waals surface area contributed by atoms with Crippen LogP contribution in [0.15, 0.2) is 48.5 Å². The molecule has 0 radical (unpaired) electrons. The van der Waals surface area contributed by atoms with Crippen LogP contribution < -0.4 is 19.5 Å². The molecule has 0 saturated heterocycles. The lowest BCUT2D eigenvalue weighted by atomic mass is 10.1. The maximum absolute atomic E-state index is 12.2. The molecule has 146 valence electrons. The van der Waals surface area contributed by atoms with Gasteiger partial charge in [-0.05, 0) is 75.6 Å². The number of hydrogen-bond donors (Lipinski definition) is 1. The van der Waals surface area contributed by atoms with Crippen LogP contribution in [0, 0.1) is 0 Å². The van der Waals surface area contributed by atoms with Crippen LogP contribution in [0.4, 0.5) is 0 Å². The van der Waals surface area contributed by atoms with Gasteiger partial charge in [-0.3, -0.25) is 4.79 Å². The molecule has 1 atom stereocenters. The summed E-state index contributed by atoms with van der Waals surface area (Å²) in [7, 11) is 1.61. The number of carbonyl (C=O) groups excluding carboxylic acids is 1. The minimum Gasteiger partial charge on any atom is -0.497 e. The Labute approximate surface area is 161 Å². The van der Waals surface area contributed by atoms with E-state index < -0.39 is 6.10 Å². The number of carbonyl (C=O) groups is 1. The quantitative estimate of drug-likeness (QED) is 0.642. The van der Waals surface area contributed by atoms with Crippen LogP contribution in [-0.2, 0) is 11.2 Å². The van der Waals surface area contributed by atoms with Gasteiger partial charge < -0.3 is 19.5 Å². The number of methoxy groups -OCH3 is 1. The normalized spacial score (nSPS) is 11.7. The number of hydrogen-bond acceptors (Lipinski definition) is 4. The van der Waals surface area contributed by atoms with Crippen molar-refractivity contribution in [3.05, 3.63) is 54.1 Å². The summed E-state index contributed by atoms with van der Waals surface area (Å²) < 4.78 is 16.4. The highest BCUT2D eigenvalue weighted by Crippen LogP contribution is 2.18. The van der Waals surface area contributed by atoms with Gasteiger partial charge >= 0.3 is 0 Å². The summed E-state index contributed by atoms with van der Waals surface area (Å²) in [5.74, 6) is 2.16. The van der Waals surface area contributed by atoms with Crippen LogP contribution in [0.3, 0.4) is 0 Å². The van der Waals surface area contributed by atoms with Crippen LogP contribution in [-0.4, -0.2) is 31.8 Å². The molecule has 0 aliphatic heterocycles. The standard InChI is InChI=1S/C22H29NO4/c1-16(2)26-20-9-7-18(8-10-20)6-5-15-23-22(24)17(3)27-21-13-11-19(25-4)12-14-21/h7-14,16-17H,5-6,15H2,1-4H3,(H,23,24). The molecule has 0 bridgehead atoms. The monoisotopic (exact) mass is 371 g/mol. The van der Waals surface area contributed by atoms with Crippen molar-refractivity contribution in [1.82, 2.24) is 5.32 Å². The summed E-state index contributed by atoms with van der Waals surface area (Å²) >= 11 is 0. The first kappa shape index (κ1) is 20.6. The minimum atomic E-state index is -0.550. The van der Waals surface area contributed by atoms with Crippen LogP contribution in [0.2, 0.25) is 0 Å². The molecule has 0 spiro atoms. The molecule has 0 saturated carbocycles. The van der Waals surface area contributed by atoms with Crippen LogP contribution in [0.1, 0.15) is 32.8 Å². The van der Waals surface area contributed by atoms with Crippen molar-refractivity contribution in [3.8, 4) is 17.2 Å². The number of rotatable bonds is 10. The lowest BCUT2D eigenvalue weighted by molar-refractivity contribution is -0.127. The van der Waals surface area contributed by atoms with Gasteiger partial charge in [-0.25, -0.2) is 0 Å². The minimum absolute atomic E-state index is 0.119. The summed E-state index contributed by atoms with van der Waals surface area (Å²) in [6.45, 7) is 6.37. The Bertz CT molecular complexity index is 695. The van der Waals surface area contributed by atoms with Gasteiger partial charge in [0, 0.05) is 6.54 Å². The first-order chi connectivity index (χ1) is 13.0. The fourth-order valence-electron chi connectivity index (χ4n) is 2.57. The van der Waals surface area contributed by atoms with E-state index in [0.29, 0.717) is 12.3 Å². The van der Waals surface area contributed by atoms with E-state index in [9.17, 15) is 4.79 Å². The molecule has 2 rings (SSSR count). The van der Waals surface area contributed by atoms with E-state index in [4.69, 9.17) is 14.2 Å². The van der Waals surface area contributed by atoms with E-state index in [1.165, 1.54) is 5.56 Å². The number of benzene rings is 2. The lowest BCUT2D eigenvalue weighted by Gasteiger charge is -2.15. The zero-order chi connectivity index (χ0) is 19.6. The predicted octanol–water partition coefficient (Wildman–Crippen LogP) is 4.00. The molecule has 1 N–H and O–H groups in total. The van der Waals surface area contributed by atoms with E-state index in [1.54, 1.807) is 38.3 Å². The Morgan fingerprint density at radius 2 is 1.44 bits per heavy atom. The van der Waals surface area contributed by atoms with Crippen LogP contribution in [0.5, 0.6) is 17.2 Å². The van der Waals surface area contributed by atoms with Crippen LogP contribution >= 0.6 is 0 Å². The predicted molar refractivity (Wildman–Crippen MR) is 107 cm³/mol. The fraction of sp³-hybridized carbons (Fsp3) is 0.409. The number of ether oxygens (including phenoxy) is 3. The number of nitrogens with one attached hydrogen (secondary N) is 1. The van der Waals surface area contributed by atoms with E-state index in [-0.39, 0.29) is 12.0 Å². The molecule has 0 aliphatic rings. The van der Waals surface area contributed by atoms with Crippen molar-refractivity contribution >= 4 is 5.91 Å². The third-order valence-corrected chi connectivity index (χ3v) is 3.98. The molecule has 0 heterocycles. The molecule has 0 aliphatic carbocycles. The molecule has 2 aromatic rings. The Kier molecular flexibility index (Phi) is 7.99. The summed E-state index contributed by atoms with van der Waals surface area (Å²) in [6.07, 6.45) is 1.39. The Balaban J connectivity index is 1.68. The van der Waals surface area contributed by atoms with Gasteiger partial charge in [0.25, 0.3) is 5.91 Å². The molecule has 1 amide bonds. The van der Waals surface area contributed by atoms with Crippen molar-refractivity contribution in [3.63, 3.8) is 0 Å². The first-order valence-electron chi connectivity index (χ1n) is 9.32. The highest BCUT2D eigenvalue weighted by molar-refractivity contribution is 5.80. The van der Waals surface area contributed by atoms with Gasteiger partial charge in [0.2, 0.25) is 0 Å². The number of aryl methyl sites for hydroxylation is 1. The molecule has 27 heavy (non-hydrogen) atoms. The van der Waals surface area contributed by atoms with Gasteiger partial charge in [-0.2, -0.15) is 0 Å². The molecule has 1 unspecified atom stereocenters. The molecule has 5 nitrogen and oxygen atoms in total. The zero-order valence-corrected chi connectivity index (χ0v) is 16.5. The maximum Gasteiger partial charge on any atom is 0.260 e. The molecule has 0 fully saturated rings. The van der Waals surface area contributed by atoms with Crippen molar-refractivity contribution in [2.45, 2.75) is 45.8 Å². The van der Waals surface area contributed by atoms with Crippen LogP contribution in [0.25, 0.3) is 0 Å². The van der Waals surface area contributed by atoms with Gasteiger partial charge in [0.1, 0.15) is 17.2 Å². The Morgan fingerprint density at radius 1 is 0.889 bits per heavy atom. The van der Waals surface area contributed by atoms with Crippen molar-refractivity contribution in [1.29, 1.82) is 0 Å². The van der Waals surface area contributed by atoms with E-state index in [0.717, 1.165) is 24.3 Å². The molecule has 2 aromatic carbocycles. The summed E-state index contributed by atoms with van der Waals surface area (Å²) in [6, 6.07) is 15.3. The molecule has 0 aromatic heterocycles. The highest BCUT2D eigenvalue weighted by atomic mass is 16.5. The van der Waals surface area contributed by atoms with E-state index in [2.05, 4.69) is 17.4 Å². The van der Waals surface area contributed by atoms with Gasteiger partial charge in [0.05, 0.1) is 13.2 Å². The summed E-state index contributed by atoms with van der Waals surface area (Å²) in [5, 5.41) is 2.92. The Hall–Kier alpha value is -2.69. The number of amides is 1. The van der Waals surface area contributed by atoms with Crippen molar-refractivity contribution in [2.24, 2.45) is 0 Å². The fourth-order valence-corrected chi connectivity index (χ4v) is 2.57. The SMILES string of the molecule is COc1ccc(OC(C)C(=O)NCCCc2ccc(OC(C)C)cc2)cc1. The van der Waals surface area contributed by atoms with E-state index in [1.807, 2.05) is 26.0 Å². The second kappa shape index (κ2) is 10.5. The molecular formula is C22H29NO4. The molecule has 5 heteroatoms. The first-order valence-corrected chi connectivity index (χ1v) is 9.32. The maximum atomic E-state index is 12.2. The highest BCUT2D eigenvalue weighted by Gasteiger charge is 2.14. The third kappa shape index (κ3) is 7.21. The zero-order valence-electron chi connectivity index (χ0n) is 16.5. The van der Waals surface area contributed by atoms with Gasteiger partial charge in [0.15, 0.2) is 6.10 Å². The second-order valence-corrected chi connectivity index (χ2v) is 6.64. The van der Waals surface area contributed by atoms with Gasteiger partial charge in [-0.15, -0.1) is 0 Å². The largest absolute Gasteiger partial charge is 0.497 e. The average Bonchev–Trinajstić information content (AvgIpc) is 2.66. The smallest absolute Gasteiger partial charge is 0.260 e. The van der Waals surface area contributed by atoms with Crippen molar-refractivity contribution < 1.29 is 19.0 Å². The average molecular weight is 371 g/mol. The summed E-state index contributed by atoms with van der Waals surface area (Å²) in [5.41, 5.74) is 1.22. The van der Waals surface area contributed by atoms with Gasteiger partial charge in [-0.1, -0.05) is 12.1 Å². The third-order valence-electron chi connectivity index (χ3n) is 3.98. The second-order valence-electron chi connectivity index (χ2n) is 6.64. The topological polar surface area (TPSA) is 56.8 Å².